The minimum atomic E-state index is 0.417. The highest BCUT2D eigenvalue weighted by molar-refractivity contribution is 5.94. The highest BCUT2D eigenvalue weighted by atomic mass is 14.8. The van der Waals surface area contributed by atoms with Gasteiger partial charge in [0.2, 0.25) is 0 Å². The van der Waals surface area contributed by atoms with E-state index in [9.17, 15) is 0 Å². The maximum atomic E-state index is 4.95. The van der Waals surface area contributed by atoms with Crippen molar-refractivity contribution in [1.82, 2.24) is 4.98 Å². The lowest BCUT2D eigenvalue weighted by molar-refractivity contribution is 0.588. The van der Waals surface area contributed by atoms with Gasteiger partial charge in [-0.1, -0.05) is 107 Å². The molecule has 0 radical (unpaired) electrons. The zero-order valence-electron chi connectivity index (χ0n) is 25.4. The molecule has 5 rings (SSSR count). The molecule has 210 valence electrons. The molecule has 3 atom stereocenters. The van der Waals surface area contributed by atoms with Gasteiger partial charge in [-0.2, -0.15) is 0 Å². The number of rotatable bonds is 10. The lowest BCUT2D eigenvalue weighted by atomic mass is 9.75. The molecule has 0 N–H and O–H groups in total. The molecule has 0 saturated heterocycles. The Hall–Kier alpha value is -3.78. The predicted molar refractivity (Wildman–Crippen MR) is 178 cm³/mol. The van der Waals surface area contributed by atoms with Gasteiger partial charge in [0.25, 0.3) is 0 Å². The van der Waals surface area contributed by atoms with E-state index >= 15 is 0 Å². The van der Waals surface area contributed by atoms with Gasteiger partial charge in [0, 0.05) is 29.1 Å². The number of fused-ring (bicyclic) bond motifs is 4. The van der Waals surface area contributed by atoms with E-state index in [4.69, 9.17) is 9.98 Å². The van der Waals surface area contributed by atoms with Gasteiger partial charge in [0.15, 0.2) is 0 Å². The summed E-state index contributed by atoms with van der Waals surface area (Å²) in [4.78, 5) is 9.76. The molecule has 0 aliphatic heterocycles. The Kier molecular flexibility index (Phi) is 9.29. The molecule has 41 heavy (non-hydrogen) atoms. The second kappa shape index (κ2) is 13.3. The Morgan fingerprint density at radius 3 is 2.68 bits per heavy atom. The van der Waals surface area contributed by atoms with Gasteiger partial charge in [-0.05, 0) is 90.5 Å². The number of benzene rings is 2. The van der Waals surface area contributed by atoms with Crippen molar-refractivity contribution in [1.29, 1.82) is 0 Å². The van der Waals surface area contributed by atoms with Crippen LogP contribution in [-0.2, 0) is 12.8 Å². The first-order valence-corrected chi connectivity index (χ1v) is 15.5. The molecular weight excluding hydrogens is 496 g/mol. The molecule has 3 unspecified atom stereocenters. The van der Waals surface area contributed by atoms with E-state index in [1.165, 1.54) is 38.8 Å². The van der Waals surface area contributed by atoms with Crippen molar-refractivity contribution in [3.05, 3.63) is 124 Å². The molecule has 2 aromatic carbocycles. The van der Waals surface area contributed by atoms with Crippen LogP contribution in [0, 0.1) is 18.8 Å². The number of pyridine rings is 1. The zero-order valence-corrected chi connectivity index (χ0v) is 25.4. The summed E-state index contributed by atoms with van der Waals surface area (Å²) < 4.78 is 0. The molecule has 2 nitrogen and oxygen atoms in total. The van der Waals surface area contributed by atoms with E-state index in [2.05, 4.69) is 126 Å². The van der Waals surface area contributed by atoms with E-state index in [1.807, 2.05) is 6.21 Å². The van der Waals surface area contributed by atoms with Gasteiger partial charge in [-0.15, -0.1) is 0 Å². The van der Waals surface area contributed by atoms with Gasteiger partial charge in [0.05, 0.1) is 11.2 Å². The van der Waals surface area contributed by atoms with Crippen molar-refractivity contribution in [2.24, 2.45) is 16.8 Å². The van der Waals surface area contributed by atoms with E-state index < -0.39 is 0 Å². The van der Waals surface area contributed by atoms with E-state index in [1.54, 1.807) is 0 Å². The lowest BCUT2D eigenvalue weighted by Gasteiger charge is -2.29. The SMILES string of the molecule is CCC=Nc1cc(CC(C)C/C=C\C(=C/CC)C2=CC3C=Cc4ccccc4C3C=C2)c(C)c2ccc(CC)nc12. The smallest absolute Gasteiger partial charge is 0.0964 e. The number of nitrogens with zero attached hydrogens (tertiary/aromatic N) is 2. The first-order valence-electron chi connectivity index (χ1n) is 15.5. The summed E-state index contributed by atoms with van der Waals surface area (Å²) in [6.07, 6.45) is 25.9. The Labute approximate surface area is 247 Å². The monoisotopic (exact) mass is 540 g/mol. The first-order chi connectivity index (χ1) is 20.0. The molecule has 2 aliphatic rings. The number of aromatic nitrogens is 1. The quantitative estimate of drug-likeness (QED) is 0.185. The zero-order chi connectivity index (χ0) is 28.8. The highest BCUT2D eigenvalue weighted by Crippen LogP contribution is 2.40. The van der Waals surface area contributed by atoms with Gasteiger partial charge >= 0.3 is 0 Å². The van der Waals surface area contributed by atoms with Crippen LogP contribution in [0.3, 0.4) is 0 Å². The lowest BCUT2D eigenvalue weighted by Crippen LogP contribution is -2.15. The maximum Gasteiger partial charge on any atom is 0.0964 e. The van der Waals surface area contributed by atoms with Crippen molar-refractivity contribution in [2.75, 3.05) is 0 Å². The largest absolute Gasteiger partial charge is 0.259 e. The fraction of sp³-hybridized carbons (Fsp3) is 0.333. The molecular formula is C39H44N2. The molecule has 2 aliphatic carbocycles. The van der Waals surface area contributed by atoms with Gasteiger partial charge in [-0.3, -0.25) is 9.98 Å². The number of hydrogen-bond acceptors (Lipinski definition) is 2. The molecule has 3 aromatic rings. The molecule has 0 spiro atoms. The first kappa shape index (κ1) is 28.7. The number of allylic oxidation sites excluding steroid dienone is 9. The standard InChI is InChI=1S/C39H44N2/c1-6-12-29(31-19-21-37-32(25-31)18-17-30-14-9-10-16-36(30)37)15-11-13-27(4)24-33-26-38(40-23-7-2)39-35(28(33)5)22-20-34(8-3)41-39/h9-12,14-23,25-27,32,37H,6-8,13,24H2,1-5H3/b15-11-,29-12+,40-23?. The molecule has 0 amide bonds. The van der Waals surface area contributed by atoms with Crippen molar-refractivity contribution in [3.8, 4) is 0 Å². The number of aliphatic imine (C=N–C) groups is 1. The number of aryl methyl sites for hydroxylation is 2. The van der Waals surface area contributed by atoms with Crippen molar-refractivity contribution in [3.63, 3.8) is 0 Å². The van der Waals surface area contributed by atoms with Crippen LogP contribution in [0.5, 0.6) is 0 Å². The molecule has 1 aromatic heterocycles. The molecule has 2 heteroatoms. The summed E-state index contributed by atoms with van der Waals surface area (Å²) in [6, 6.07) is 15.5. The maximum absolute atomic E-state index is 4.95. The van der Waals surface area contributed by atoms with Crippen LogP contribution >= 0.6 is 0 Å². The number of hydrogen-bond donors (Lipinski definition) is 0. The summed E-state index contributed by atoms with van der Waals surface area (Å²) in [6.45, 7) is 11.1. The normalized spacial score (nSPS) is 19.1. The molecule has 0 bridgehead atoms. The fourth-order valence-corrected chi connectivity index (χ4v) is 6.16. The Morgan fingerprint density at radius 2 is 1.88 bits per heavy atom. The predicted octanol–water partition coefficient (Wildman–Crippen LogP) is 10.6. The average molecular weight is 541 g/mol. The van der Waals surface area contributed by atoms with Crippen LogP contribution in [0.2, 0.25) is 0 Å². The van der Waals surface area contributed by atoms with E-state index in [0.29, 0.717) is 17.8 Å². The van der Waals surface area contributed by atoms with Crippen molar-refractivity contribution >= 4 is 28.9 Å². The second-order valence-electron chi connectivity index (χ2n) is 11.5. The third kappa shape index (κ3) is 6.43. The summed E-state index contributed by atoms with van der Waals surface area (Å²) in [5.41, 5.74) is 11.3. The summed E-state index contributed by atoms with van der Waals surface area (Å²) in [5.74, 6) is 1.38. The summed E-state index contributed by atoms with van der Waals surface area (Å²) >= 11 is 0. The second-order valence-corrected chi connectivity index (χ2v) is 11.5. The fourth-order valence-electron chi connectivity index (χ4n) is 6.16. The Bertz CT molecular complexity index is 1580. The van der Waals surface area contributed by atoms with E-state index in [0.717, 1.165) is 49.0 Å². The third-order valence-corrected chi connectivity index (χ3v) is 8.45. The minimum Gasteiger partial charge on any atom is -0.259 e. The minimum absolute atomic E-state index is 0.417. The average Bonchev–Trinajstić information content (AvgIpc) is 3.00. The summed E-state index contributed by atoms with van der Waals surface area (Å²) in [7, 11) is 0. The van der Waals surface area contributed by atoms with Crippen molar-refractivity contribution < 1.29 is 0 Å². The van der Waals surface area contributed by atoms with Crippen LogP contribution in [0.1, 0.15) is 80.8 Å². The van der Waals surface area contributed by atoms with Crippen LogP contribution in [0.4, 0.5) is 5.69 Å². The van der Waals surface area contributed by atoms with Gasteiger partial charge < -0.3 is 0 Å². The van der Waals surface area contributed by atoms with Crippen LogP contribution in [-0.4, -0.2) is 11.2 Å². The summed E-state index contributed by atoms with van der Waals surface area (Å²) in [5, 5.41) is 1.23. The Balaban J connectivity index is 1.31. The van der Waals surface area contributed by atoms with Crippen LogP contribution in [0.25, 0.3) is 17.0 Å². The Morgan fingerprint density at radius 1 is 1.02 bits per heavy atom. The topological polar surface area (TPSA) is 25.2 Å². The molecule has 1 heterocycles. The van der Waals surface area contributed by atoms with Crippen molar-refractivity contribution in [2.45, 2.75) is 72.6 Å². The third-order valence-electron chi connectivity index (χ3n) is 8.45. The van der Waals surface area contributed by atoms with Crippen LogP contribution in [0.15, 0.2) is 101 Å². The molecule has 0 fully saturated rings. The van der Waals surface area contributed by atoms with Crippen LogP contribution < -0.4 is 0 Å². The van der Waals surface area contributed by atoms with Gasteiger partial charge in [0.1, 0.15) is 0 Å². The van der Waals surface area contributed by atoms with E-state index in [-0.39, 0.29) is 0 Å². The highest BCUT2D eigenvalue weighted by Gasteiger charge is 2.25. The molecule has 0 saturated carbocycles. The van der Waals surface area contributed by atoms with Gasteiger partial charge in [-0.25, -0.2) is 0 Å².